The maximum atomic E-state index is 13.9. The Balaban J connectivity index is 1.20. The average molecular weight is 484 g/mol. The molecule has 3 aromatic rings. The van der Waals surface area contributed by atoms with E-state index in [9.17, 15) is 9.59 Å². The number of hydrogen-bond acceptors (Lipinski definition) is 3. The topological polar surface area (TPSA) is 43.9 Å². The van der Waals surface area contributed by atoms with E-state index in [1.165, 1.54) is 0 Å². The van der Waals surface area contributed by atoms with Gasteiger partial charge in [-0.3, -0.25) is 14.5 Å². The molecule has 2 atom stereocenters. The Morgan fingerprint density at radius 1 is 0.972 bits per heavy atom. The fraction of sp³-hybridized carbons (Fsp3) is 0.484. The number of hydrogen-bond donors (Lipinski definition) is 0. The number of carbonyl (C=O) groups excluding carboxylic acids is 2. The zero-order chi connectivity index (χ0) is 24.9. The maximum absolute atomic E-state index is 13.9. The van der Waals surface area contributed by atoms with Gasteiger partial charge in [0.25, 0.3) is 5.91 Å². The van der Waals surface area contributed by atoms with Crippen LogP contribution in [0.15, 0.2) is 54.6 Å². The summed E-state index contributed by atoms with van der Waals surface area (Å²) in [6, 6.07) is 19.1. The molecule has 3 fully saturated rings. The zero-order valence-corrected chi connectivity index (χ0v) is 21.6. The van der Waals surface area contributed by atoms with Crippen LogP contribution in [-0.4, -0.2) is 71.8 Å². The normalized spacial score (nSPS) is 25.9. The second kappa shape index (κ2) is 9.19. The van der Waals surface area contributed by atoms with Gasteiger partial charge in [-0.2, -0.15) is 0 Å². The molecule has 3 aliphatic heterocycles. The van der Waals surface area contributed by atoms with Gasteiger partial charge in [0.15, 0.2) is 0 Å². The first-order chi connectivity index (χ1) is 17.5. The first kappa shape index (κ1) is 23.5. The van der Waals surface area contributed by atoms with E-state index in [0.717, 1.165) is 92.1 Å². The molecule has 36 heavy (non-hydrogen) atoms. The summed E-state index contributed by atoms with van der Waals surface area (Å²) >= 11 is 0. The van der Waals surface area contributed by atoms with Crippen molar-refractivity contribution in [3.63, 3.8) is 0 Å². The van der Waals surface area contributed by atoms with Crippen molar-refractivity contribution in [2.45, 2.75) is 45.6 Å². The standard InChI is InChI=1S/C31H37N3O2/c1-3-32-20-22(2)31(30(32)36)15-8-16-34(21-31)25-13-17-33(18-14-25)29(35)28-26-11-6-4-9-23(26)19-24-10-5-7-12-27(24)28/h4-7,9-12,19,22,25H,3,8,13-18,20-21H2,1-2H3. The predicted molar refractivity (Wildman–Crippen MR) is 145 cm³/mol. The number of piperidine rings is 2. The summed E-state index contributed by atoms with van der Waals surface area (Å²) in [6.07, 6.45) is 4.06. The van der Waals surface area contributed by atoms with Crippen LogP contribution in [0.2, 0.25) is 0 Å². The molecule has 2 amide bonds. The van der Waals surface area contributed by atoms with Crippen LogP contribution in [0.25, 0.3) is 21.5 Å². The van der Waals surface area contributed by atoms with Gasteiger partial charge in [-0.15, -0.1) is 0 Å². The van der Waals surface area contributed by atoms with Crippen LogP contribution < -0.4 is 0 Å². The van der Waals surface area contributed by atoms with Crippen LogP contribution in [0.5, 0.6) is 0 Å². The molecule has 2 unspecified atom stereocenters. The lowest BCUT2D eigenvalue weighted by atomic mass is 9.72. The van der Waals surface area contributed by atoms with Crippen molar-refractivity contribution >= 4 is 33.4 Å². The third-order valence-corrected chi connectivity index (χ3v) is 9.34. The predicted octanol–water partition coefficient (Wildman–Crippen LogP) is 5.18. The van der Waals surface area contributed by atoms with Gasteiger partial charge in [0, 0.05) is 38.8 Å². The lowest BCUT2D eigenvalue weighted by molar-refractivity contribution is -0.140. The van der Waals surface area contributed by atoms with Crippen LogP contribution in [0, 0.1) is 11.3 Å². The van der Waals surface area contributed by atoms with Crippen molar-refractivity contribution in [3.05, 3.63) is 60.2 Å². The third kappa shape index (κ3) is 3.71. The number of fused-ring (bicyclic) bond motifs is 2. The lowest BCUT2D eigenvalue weighted by Crippen LogP contribution is -2.55. The SMILES string of the molecule is CCN1CC(C)C2(CCCN(C3CCN(C(=O)c4c5ccccc5cc5ccccc45)CC3)C2)C1=O. The minimum absolute atomic E-state index is 0.148. The van der Waals surface area contributed by atoms with Gasteiger partial charge in [-0.25, -0.2) is 0 Å². The molecule has 3 aliphatic rings. The largest absolute Gasteiger partial charge is 0.342 e. The van der Waals surface area contributed by atoms with Crippen LogP contribution in [0.3, 0.4) is 0 Å². The summed E-state index contributed by atoms with van der Waals surface area (Å²) in [5.74, 6) is 0.932. The summed E-state index contributed by atoms with van der Waals surface area (Å²) in [7, 11) is 0. The maximum Gasteiger partial charge on any atom is 0.255 e. The van der Waals surface area contributed by atoms with E-state index in [-0.39, 0.29) is 11.3 Å². The minimum Gasteiger partial charge on any atom is -0.342 e. The molecule has 188 valence electrons. The molecule has 3 saturated heterocycles. The first-order valence-corrected chi connectivity index (χ1v) is 13.7. The van der Waals surface area contributed by atoms with E-state index in [0.29, 0.717) is 17.9 Å². The number of rotatable bonds is 3. The highest BCUT2D eigenvalue weighted by Gasteiger charge is 2.53. The van der Waals surface area contributed by atoms with Gasteiger partial charge in [-0.1, -0.05) is 55.5 Å². The molecule has 6 rings (SSSR count). The van der Waals surface area contributed by atoms with E-state index >= 15 is 0 Å². The van der Waals surface area contributed by atoms with E-state index < -0.39 is 0 Å². The lowest BCUT2D eigenvalue weighted by Gasteiger charge is -2.46. The molecule has 0 aromatic heterocycles. The number of carbonyl (C=O) groups is 2. The number of nitrogens with zero attached hydrogens (tertiary/aromatic N) is 3. The first-order valence-electron chi connectivity index (χ1n) is 13.7. The van der Waals surface area contributed by atoms with Crippen LogP contribution in [0.1, 0.15) is 49.9 Å². The van der Waals surface area contributed by atoms with E-state index in [4.69, 9.17) is 0 Å². The van der Waals surface area contributed by atoms with Gasteiger partial charge in [0.05, 0.1) is 11.0 Å². The fourth-order valence-corrected chi connectivity index (χ4v) is 7.23. The molecule has 3 heterocycles. The van der Waals surface area contributed by atoms with Crippen LogP contribution in [-0.2, 0) is 4.79 Å². The molecule has 5 heteroatoms. The van der Waals surface area contributed by atoms with E-state index in [1.54, 1.807) is 0 Å². The third-order valence-electron chi connectivity index (χ3n) is 9.34. The highest BCUT2D eigenvalue weighted by atomic mass is 16.2. The molecule has 0 saturated carbocycles. The van der Waals surface area contributed by atoms with Crippen molar-refractivity contribution in [1.82, 2.24) is 14.7 Å². The minimum atomic E-state index is -0.205. The number of benzene rings is 3. The highest BCUT2D eigenvalue weighted by Crippen LogP contribution is 2.45. The fourth-order valence-electron chi connectivity index (χ4n) is 7.23. The number of likely N-dealkylation sites (tertiary alicyclic amines) is 3. The summed E-state index contributed by atoms with van der Waals surface area (Å²) < 4.78 is 0. The van der Waals surface area contributed by atoms with Gasteiger partial charge in [0.1, 0.15) is 0 Å². The molecular weight excluding hydrogens is 446 g/mol. The Hall–Kier alpha value is -2.92. The van der Waals surface area contributed by atoms with Crippen molar-refractivity contribution in [1.29, 1.82) is 0 Å². The summed E-state index contributed by atoms with van der Waals surface area (Å²) in [4.78, 5) is 34.0. The Bertz CT molecular complexity index is 1260. The quantitative estimate of drug-likeness (QED) is 0.482. The molecule has 1 spiro atoms. The Morgan fingerprint density at radius 2 is 1.61 bits per heavy atom. The van der Waals surface area contributed by atoms with E-state index in [1.807, 2.05) is 24.3 Å². The van der Waals surface area contributed by atoms with Crippen molar-refractivity contribution in [2.75, 3.05) is 39.3 Å². The molecule has 0 radical (unpaired) electrons. The zero-order valence-electron chi connectivity index (χ0n) is 21.6. The Morgan fingerprint density at radius 3 is 2.22 bits per heavy atom. The summed E-state index contributed by atoms with van der Waals surface area (Å²) in [5, 5.41) is 4.31. The van der Waals surface area contributed by atoms with Gasteiger partial charge in [-0.05, 0) is 72.7 Å². The molecule has 5 nitrogen and oxygen atoms in total. The highest BCUT2D eigenvalue weighted by molar-refractivity contribution is 6.18. The second-order valence-corrected chi connectivity index (χ2v) is 11.2. The van der Waals surface area contributed by atoms with Crippen LogP contribution in [0.4, 0.5) is 0 Å². The Kier molecular flexibility index (Phi) is 5.99. The summed E-state index contributed by atoms with van der Waals surface area (Å²) in [5.41, 5.74) is 0.632. The van der Waals surface area contributed by atoms with Gasteiger partial charge < -0.3 is 9.80 Å². The van der Waals surface area contributed by atoms with Gasteiger partial charge in [0.2, 0.25) is 5.91 Å². The molecule has 0 bridgehead atoms. The smallest absolute Gasteiger partial charge is 0.255 e. The van der Waals surface area contributed by atoms with Crippen molar-refractivity contribution in [2.24, 2.45) is 11.3 Å². The van der Waals surface area contributed by atoms with Gasteiger partial charge >= 0.3 is 0 Å². The molecular formula is C31H37N3O2. The average Bonchev–Trinajstić information content (AvgIpc) is 3.15. The van der Waals surface area contributed by atoms with Crippen LogP contribution >= 0.6 is 0 Å². The monoisotopic (exact) mass is 483 g/mol. The number of amides is 2. The van der Waals surface area contributed by atoms with Crippen molar-refractivity contribution < 1.29 is 9.59 Å². The molecule has 3 aromatic carbocycles. The molecule has 0 aliphatic carbocycles. The van der Waals surface area contributed by atoms with E-state index in [2.05, 4.69) is 58.9 Å². The van der Waals surface area contributed by atoms with Crippen molar-refractivity contribution in [3.8, 4) is 0 Å². The Labute approximate surface area is 214 Å². The molecule has 0 N–H and O–H groups in total. The summed E-state index contributed by atoms with van der Waals surface area (Å²) in [6.45, 7) is 9.58. The second-order valence-electron chi connectivity index (χ2n) is 11.2.